The van der Waals surface area contributed by atoms with Crippen LogP contribution in [0, 0.1) is 0 Å². The summed E-state index contributed by atoms with van der Waals surface area (Å²) < 4.78 is 28.4. The Morgan fingerprint density at radius 3 is 2.16 bits per heavy atom. The first-order valence-corrected chi connectivity index (χ1v) is 8.25. The standard InChI is InChI=1S/C13H24N2O3S/c1-4-7-15(8-5-2)19(17,18)13-9-12(11-16)14(6-3)10-13/h9-10,16H,4-8,11H2,1-3H3. The highest BCUT2D eigenvalue weighted by molar-refractivity contribution is 7.89. The van der Waals surface area contributed by atoms with E-state index < -0.39 is 10.0 Å². The summed E-state index contributed by atoms with van der Waals surface area (Å²) in [5, 5.41) is 9.24. The maximum Gasteiger partial charge on any atom is 0.244 e. The summed E-state index contributed by atoms with van der Waals surface area (Å²) in [6.07, 6.45) is 3.19. The lowest BCUT2D eigenvalue weighted by atomic mass is 10.4. The Hall–Kier alpha value is -0.850. The molecule has 0 unspecified atom stereocenters. The molecule has 0 fully saturated rings. The van der Waals surface area contributed by atoms with Gasteiger partial charge in [-0.1, -0.05) is 13.8 Å². The normalized spacial score (nSPS) is 12.3. The number of nitrogens with zero attached hydrogens (tertiary/aromatic N) is 2. The first-order valence-electron chi connectivity index (χ1n) is 6.81. The van der Waals surface area contributed by atoms with E-state index in [0.717, 1.165) is 12.8 Å². The molecule has 0 aromatic carbocycles. The Morgan fingerprint density at radius 1 is 1.21 bits per heavy atom. The van der Waals surface area contributed by atoms with Crippen LogP contribution in [-0.2, 0) is 23.2 Å². The van der Waals surface area contributed by atoms with Gasteiger partial charge in [0.1, 0.15) is 4.90 Å². The van der Waals surface area contributed by atoms with Gasteiger partial charge in [0.25, 0.3) is 0 Å². The lowest BCUT2D eigenvalue weighted by Gasteiger charge is -2.20. The van der Waals surface area contributed by atoms with Gasteiger partial charge in [0.05, 0.1) is 6.61 Å². The Balaban J connectivity index is 3.13. The minimum atomic E-state index is -3.45. The molecule has 0 saturated heterocycles. The zero-order chi connectivity index (χ0) is 14.5. The van der Waals surface area contributed by atoms with Crippen LogP contribution in [0.4, 0.5) is 0 Å². The Bertz CT molecular complexity index is 466. The Labute approximate surface area is 115 Å². The number of aryl methyl sites for hydroxylation is 1. The maximum atomic E-state index is 12.5. The van der Waals surface area contributed by atoms with Crippen molar-refractivity contribution < 1.29 is 13.5 Å². The van der Waals surface area contributed by atoms with Crippen molar-refractivity contribution in [2.75, 3.05) is 13.1 Å². The number of sulfonamides is 1. The number of rotatable bonds is 8. The number of hydrogen-bond acceptors (Lipinski definition) is 3. The maximum absolute atomic E-state index is 12.5. The van der Waals surface area contributed by atoms with Gasteiger partial charge in [0.2, 0.25) is 10.0 Å². The van der Waals surface area contributed by atoms with Crippen LogP contribution >= 0.6 is 0 Å². The molecule has 0 radical (unpaired) electrons. The van der Waals surface area contributed by atoms with Gasteiger partial charge in [0, 0.05) is 31.5 Å². The van der Waals surface area contributed by atoms with Crippen LogP contribution in [0.3, 0.4) is 0 Å². The molecule has 19 heavy (non-hydrogen) atoms. The Morgan fingerprint density at radius 2 is 1.79 bits per heavy atom. The average molecular weight is 288 g/mol. The highest BCUT2D eigenvalue weighted by Gasteiger charge is 2.25. The van der Waals surface area contributed by atoms with Gasteiger partial charge in [-0.15, -0.1) is 0 Å². The van der Waals surface area contributed by atoms with E-state index >= 15 is 0 Å². The third-order valence-corrected chi connectivity index (χ3v) is 4.91. The summed E-state index contributed by atoms with van der Waals surface area (Å²) in [6.45, 7) is 7.41. The number of aliphatic hydroxyl groups is 1. The molecule has 0 spiro atoms. The van der Waals surface area contributed by atoms with E-state index in [9.17, 15) is 13.5 Å². The highest BCUT2D eigenvalue weighted by atomic mass is 32.2. The molecule has 5 nitrogen and oxygen atoms in total. The van der Waals surface area contributed by atoms with Crippen molar-refractivity contribution >= 4 is 10.0 Å². The zero-order valence-electron chi connectivity index (χ0n) is 12.0. The van der Waals surface area contributed by atoms with Gasteiger partial charge in [-0.3, -0.25) is 0 Å². The van der Waals surface area contributed by atoms with Crippen LogP contribution < -0.4 is 0 Å². The summed E-state index contributed by atoms with van der Waals surface area (Å²) >= 11 is 0. The van der Waals surface area contributed by atoms with Crippen molar-refractivity contribution in [1.29, 1.82) is 0 Å². The SMILES string of the molecule is CCCN(CCC)S(=O)(=O)c1cc(CO)n(CC)c1. The molecule has 0 aliphatic rings. The fourth-order valence-corrected chi connectivity index (χ4v) is 3.78. The number of aliphatic hydroxyl groups excluding tert-OH is 1. The fourth-order valence-electron chi connectivity index (χ4n) is 2.09. The minimum Gasteiger partial charge on any atom is -0.390 e. The second kappa shape index (κ2) is 7.07. The second-order valence-electron chi connectivity index (χ2n) is 4.52. The van der Waals surface area contributed by atoms with Crippen molar-refractivity contribution in [3.63, 3.8) is 0 Å². The molecule has 110 valence electrons. The van der Waals surface area contributed by atoms with Crippen LogP contribution in [0.15, 0.2) is 17.2 Å². The molecular weight excluding hydrogens is 264 g/mol. The molecule has 6 heteroatoms. The lowest BCUT2D eigenvalue weighted by Crippen LogP contribution is -2.32. The van der Waals surface area contributed by atoms with E-state index in [1.54, 1.807) is 16.8 Å². The van der Waals surface area contributed by atoms with Gasteiger partial charge in [-0.25, -0.2) is 8.42 Å². The lowest BCUT2D eigenvalue weighted by molar-refractivity contribution is 0.271. The van der Waals surface area contributed by atoms with E-state index in [4.69, 9.17) is 0 Å². The zero-order valence-corrected chi connectivity index (χ0v) is 12.8. The van der Waals surface area contributed by atoms with Crippen molar-refractivity contribution in [2.24, 2.45) is 0 Å². The molecule has 0 amide bonds. The molecule has 0 aliphatic carbocycles. The molecule has 1 rings (SSSR count). The van der Waals surface area contributed by atoms with Crippen LogP contribution in [0.5, 0.6) is 0 Å². The van der Waals surface area contributed by atoms with Gasteiger partial charge < -0.3 is 9.67 Å². The smallest absolute Gasteiger partial charge is 0.244 e. The molecule has 1 aromatic heterocycles. The quantitative estimate of drug-likeness (QED) is 0.793. The van der Waals surface area contributed by atoms with E-state index in [2.05, 4.69) is 0 Å². The highest BCUT2D eigenvalue weighted by Crippen LogP contribution is 2.20. The molecule has 1 aromatic rings. The minimum absolute atomic E-state index is 0.148. The summed E-state index contributed by atoms with van der Waals surface area (Å²) in [6, 6.07) is 1.57. The first kappa shape index (κ1) is 16.2. The van der Waals surface area contributed by atoms with Crippen molar-refractivity contribution in [3.05, 3.63) is 18.0 Å². The molecule has 1 N–H and O–H groups in total. The molecule has 0 aliphatic heterocycles. The summed E-state index contributed by atoms with van der Waals surface area (Å²) in [4.78, 5) is 0.278. The van der Waals surface area contributed by atoms with E-state index in [-0.39, 0.29) is 11.5 Å². The summed E-state index contributed by atoms with van der Waals surface area (Å²) in [7, 11) is -3.45. The monoisotopic (exact) mass is 288 g/mol. The number of aromatic nitrogens is 1. The number of hydrogen-bond donors (Lipinski definition) is 1. The van der Waals surface area contributed by atoms with Crippen molar-refractivity contribution in [2.45, 2.75) is 51.7 Å². The molecule has 0 bridgehead atoms. The molecule has 0 atom stereocenters. The van der Waals surface area contributed by atoms with Gasteiger partial charge in [-0.05, 0) is 25.8 Å². The first-order chi connectivity index (χ1) is 9.01. The van der Waals surface area contributed by atoms with E-state index in [0.29, 0.717) is 25.3 Å². The van der Waals surface area contributed by atoms with Gasteiger partial charge >= 0.3 is 0 Å². The third kappa shape index (κ3) is 3.58. The van der Waals surface area contributed by atoms with Crippen LogP contribution in [0.2, 0.25) is 0 Å². The van der Waals surface area contributed by atoms with Crippen LogP contribution in [-0.4, -0.2) is 35.5 Å². The van der Waals surface area contributed by atoms with E-state index in [1.165, 1.54) is 4.31 Å². The largest absolute Gasteiger partial charge is 0.390 e. The van der Waals surface area contributed by atoms with Crippen molar-refractivity contribution in [1.82, 2.24) is 8.87 Å². The average Bonchev–Trinajstić information content (AvgIpc) is 2.82. The summed E-state index contributed by atoms with van der Waals surface area (Å²) in [5.41, 5.74) is 0.633. The van der Waals surface area contributed by atoms with E-state index in [1.807, 2.05) is 20.8 Å². The molecular formula is C13H24N2O3S. The van der Waals surface area contributed by atoms with Crippen LogP contribution in [0.25, 0.3) is 0 Å². The predicted molar refractivity (Wildman–Crippen MR) is 75.4 cm³/mol. The van der Waals surface area contributed by atoms with Crippen LogP contribution in [0.1, 0.15) is 39.3 Å². The third-order valence-electron chi connectivity index (χ3n) is 3.05. The van der Waals surface area contributed by atoms with Gasteiger partial charge in [-0.2, -0.15) is 4.31 Å². The van der Waals surface area contributed by atoms with Crippen molar-refractivity contribution in [3.8, 4) is 0 Å². The molecule has 0 saturated carbocycles. The fraction of sp³-hybridized carbons (Fsp3) is 0.692. The topological polar surface area (TPSA) is 62.5 Å². The predicted octanol–water partition coefficient (Wildman–Crippen LogP) is 1.81. The molecule has 1 heterocycles. The second-order valence-corrected chi connectivity index (χ2v) is 6.45. The van der Waals surface area contributed by atoms with Gasteiger partial charge in [0.15, 0.2) is 0 Å². The Kier molecular flexibility index (Phi) is 6.03. The summed E-state index contributed by atoms with van der Waals surface area (Å²) in [5.74, 6) is 0.